The van der Waals surface area contributed by atoms with Gasteiger partial charge in [0, 0.05) is 23.9 Å². The first kappa shape index (κ1) is 13.6. The van der Waals surface area contributed by atoms with Gasteiger partial charge in [-0.05, 0) is 39.5 Å². The summed E-state index contributed by atoms with van der Waals surface area (Å²) in [7, 11) is 0. The monoisotopic (exact) mass is 260 g/mol. The van der Waals surface area contributed by atoms with Crippen LogP contribution in [-0.2, 0) is 0 Å². The Hall–Kier alpha value is -1.84. The Balaban J connectivity index is 2.08. The normalized spacial score (nSPS) is 16.6. The standard InChI is InChI=1S/C15H20N2O2/c1-10-8-13(18)9-14(16-10)15(19)17-11(2)12-6-4-3-5-7-12/h6,8-9,11H,3-5,7H2,1-2H3,(H,16,18)(H,17,19)/t11-/m0/s1. The Labute approximate surface area is 112 Å². The quantitative estimate of drug-likeness (QED) is 0.819. The molecule has 0 aromatic carbocycles. The van der Waals surface area contributed by atoms with Crippen LogP contribution in [0.1, 0.15) is 48.8 Å². The van der Waals surface area contributed by atoms with Crippen LogP contribution in [0.5, 0.6) is 0 Å². The summed E-state index contributed by atoms with van der Waals surface area (Å²) in [5.74, 6) is -0.222. The van der Waals surface area contributed by atoms with Crippen molar-refractivity contribution in [3.8, 4) is 0 Å². The van der Waals surface area contributed by atoms with E-state index in [0.29, 0.717) is 11.4 Å². The number of nitrogens with one attached hydrogen (secondary N) is 2. The van der Waals surface area contributed by atoms with Gasteiger partial charge >= 0.3 is 0 Å². The van der Waals surface area contributed by atoms with Crippen molar-refractivity contribution >= 4 is 5.91 Å². The number of aromatic amines is 1. The van der Waals surface area contributed by atoms with E-state index in [4.69, 9.17) is 0 Å². The molecule has 102 valence electrons. The highest BCUT2D eigenvalue weighted by Crippen LogP contribution is 2.20. The summed E-state index contributed by atoms with van der Waals surface area (Å²) in [6, 6.07) is 2.84. The number of aromatic nitrogens is 1. The van der Waals surface area contributed by atoms with E-state index in [1.807, 2.05) is 6.92 Å². The maximum Gasteiger partial charge on any atom is 0.268 e. The van der Waals surface area contributed by atoms with Gasteiger partial charge in [-0.15, -0.1) is 0 Å². The maximum atomic E-state index is 12.1. The van der Waals surface area contributed by atoms with Gasteiger partial charge in [-0.25, -0.2) is 0 Å². The molecule has 0 saturated heterocycles. The summed E-state index contributed by atoms with van der Waals surface area (Å²) in [6.07, 6.45) is 6.78. The molecule has 0 aliphatic heterocycles. The first-order valence-electron chi connectivity index (χ1n) is 6.77. The van der Waals surface area contributed by atoms with Crippen LogP contribution in [0.15, 0.2) is 28.6 Å². The maximum absolute atomic E-state index is 12.1. The van der Waals surface area contributed by atoms with Crippen molar-refractivity contribution in [1.29, 1.82) is 0 Å². The van der Waals surface area contributed by atoms with Crippen LogP contribution in [0.2, 0.25) is 0 Å². The summed E-state index contributed by atoms with van der Waals surface area (Å²) in [5, 5.41) is 2.94. The minimum atomic E-state index is -0.222. The van der Waals surface area contributed by atoms with Gasteiger partial charge in [-0.1, -0.05) is 11.6 Å². The lowest BCUT2D eigenvalue weighted by Crippen LogP contribution is -2.35. The number of allylic oxidation sites excluding steroid dienone is 1. The van der Waals surface area contributed by atoms with E-state index >= 15 is 0 Å². The molecular weight excluding hydrogens is 240 g/mol. The van der Waals surface area contributed by atoms with Crippen LogP contribution in [0.4, 0.5) is 0 Å². The third kappa shape index (κ3) is 3.56. The van der Waals surface area contributed by atoms with Gasteiger partial charge in [0.05, 0.1) is 0 Å². The first-order chi connectivity index (χ1) is 9.06. The van der Waals surface area contributed by atoms with Crippen molar-refractivity contribution < 1.29 is 4.79 Å². The summed E-state index contributed by atoms with van der Waals surface area (Å²) in [6.45, 7) is 3.76. The lowest BCUT2D eigenvalue weighted by Gasteiger charge is -2.20. The highest BCUT2D eigenvalue weighted by Gasteiger charge is 2.15. The fourth-order valence-corrected chi connectivity index (χ4v) is 2.43. The number of pyridine rings is 1. The third-order valence-electron chi connectivity index (χ3n) is 3.45. The smallest absolute Gasteiger partial charge is 0.268 e. The van der Waals surface area contributed by atoms with Crippen molar-refractivity contribution in [2.75, 3.05) is 0 Å². The van der Waals surface area contributed by atoms with Crippen LogP contribution in [0, 0.1) is 6.92 Å². The average molecular weight is 260 g/mol. The Morgan fingerprint density at radius 2 is 2.16 bits per heavy atom. The van der Waals surface area contributed by atoms with E-state index in [1.54, 1.807) is 6.92 Å². The van der Waals surface area contributed by atoms with Crippen LogP contribution in [0.3, 0.4) is 0 Å². The molecule has 0 fully saturated rings. The summed E-state index contributed by atoms with van der Waals surface area (Å²) < 4.78 is 0. The van der Waals surface area contributed by atoms with Crippen molar-refractivity contribution in [3.63, 3.8) is 0 Å². The molecule has 1 amide bonds. The Bertz CT molecular complexity index is 558. The number of amides is 1. The van der Waals surface area contributed by atoms with E-state index in [1.165, 1.54) is 30.5 Å². The summed E-state index contributed by atoms with van der Waals surface area (Å²) in [5.41, 5.74) is 2.16. The molecular formula is C15H20N2O2. The van der Waals surface area contributed by atoms with Gasteiger partial charge in [-0.3, -0.25) is 9.59 Å². The Morgan fingerprint density at radius 3 is 2.79 bits per heavy atom. The number of carbonyl (C=O) groups excluding carboxylic acids is 1. The number of H-pyrrole nitrogens is 1. The second-order valence-electron chi connectivity index (χ2n) is 5.13. The van der Waals surface area contributed by atoms with Crippen LogP contribution in [0.25, 0.3) is 0 Å². The average Bonchev–Trinajstić information content (AvgIpc) is 2.38. The highest BCUT2D eigenvalue weighted by molar-refractivity contribution is 5.92. The zero-order chi connectivity index (χ0) is 13.8. The number of hydrogen-bond donors (Lipinski definition) is 2. The van der Waals surface area contributed by atoms with Crippen LogP contribution >= 0.6 is 0 Å². The SMILES string of the molecule is Cc1cc(=O)cc(C(=O)N[C@@H](C)C2=CCCCC2)[nH]1. The highest BCUT2D eigenvalue weighted by atomic mass is 16.2. The van der Waals surface area contributed by atoms with Crippen LogP contribution in [-0.4, -0.2) is 16.9 Å². The van der Waals surface area contributed by atoms with Crippen LogP contribution < -0.4 is 10.7 Å². The van der Waals surface area contributed by atoms with E-state index in [9.17, 15) is 9.59 Å². The Morgan fingerprint density at radius 1 is 1.37 bits per heavy atom. The summed E-state index contributed by atoms with van der Waals surface area (Å²) >= 11 is 0. The molecule has 19 heavy (non-hydrogen) atoms. The predicted molar refractivity (Wildman–Crippen MR) is 75.3 cm³/mol. The fraction of sp³-hybridized carbons (Fsp3) is 0.467. The van der Waals surface area contributed by atoms with Gasteiger partial charge in [0.1, 0.15) is 5.69 Å². The van der Waals surface area contributed by atoms with Crippen molar-refractivity contribution in [1.82, 2.24) is 10.3 Å². The van der Waals surface area contributed by atoms with Crippen molar-refractivity contribution in [3.05, 3.63) is 45.4 Å². The lowest BCUT2D eigenvalue weighted by atomic mass is 9.95. The molecule has 2 N–H and O–H groups in total. The molecule has 1 atom stereocenters. The molecule has 0 bridgehead atoms. The minimum absolute atomic E-state index is 0.0248. The second kappa shape index (κ2) is 5.87. The molecule has 4 nitrogen and oxygen atoms in total. The topological polar surface area (TPSA) is 62.0 Å². The first-order valence-corrected chi connectivity index (χ1v) is 6.77. The molecule has 1 heterocycles. The Kier molecular flexibility index (Phi) is 4.20. The summed E-state index contributed by atoms with van der Waals surface area (Å²) in [4.78, 5) is 26.4. The van der Waals surface area contributed by atoms with Gasteiger partial charge in [0.25, 0.3) is 5.91 Å². The molecule has 2 rings (SSSR count). The largest absolute Gasteiger partial charge is 0.354 e. The molecule has 0 radical (unpaired) electrons. The van der Waals surface area contributed by atoms with Gasteiger partial charge in [0.15, 0.2) is 5.43 Å². The number of carbonyl (C=O) groups is 1. The van der Waals surface area contributed by atoms with E-state index in [0.717, 1.165) is 12.8 Å². The van der Waals surface area contributed by atoms with E-state index in [-0.39, 0.29) is 17.4 Å². The molecule has 0 unspecified atom stereocenters. The molecule has 1 aromatic rings. The minimum Gasteiger partial charge on any atom is -0.354 e. The molecule has 1 aromatic heterocycles. The molecule has 0 spiro atoms. The lowest BCUT2D eigenvalue weighted by molar-refractivity contribution is 0.0939. The third-order valence-corrected chi connectivity index (χ3v) is 3.45. The molecule has 1 aliphatic carbocycles. The zero-order valence-corrected chi connectivity index (χ0v) is 11.5. The number of rotatable bonds is 3. The van der Waals surface area contributed by atoms with E-state index in [2.05, 4.69) is 16.4 Å². The van der Waals surface area contributed by atoms with Crippen molar-refractivity contribution in [2.45, 2.75) is 45.6 Å². The fourth-order valence-electron chi connectivity index (χ4n) is 2.43. The van der Waals surface area contributed by atoms with Gasteiger partial charge in [0.2, 0.25) is 0 Å². The molecule has 4 heteroatoms. The zero-order valence-electron chi connectivity index (χ0n) is 11.5. The van der Waals surface area contributed by atoms with Crippen molar-refractivity contribution in [2.24, 2.45) is 0 Å². The van der Waals surface area contributed by atoms with Gasteiger partial charge in [-0.2, -0.15) is 0 Å². The second-order valence-corrected chi connectivity index (χ2v) is 5.13. The number of aryl methyl sites for hydroxylation is 1. The molecule has 0 saturated carbocycles. The number of hydrogen-bond acceptors (Lipinski definition) is 2. The van der Waals surface area contributed by atoms with Gasteiger partial charge < -0.3 is 10.3 Å². The van der Waals surface area contributed by atoms with E-state index < -0.39 is 0 Å². The molecule has 1 aliphatic rings. The predicted octanol–water partition coefficient (Wildman–Crippen LogP) is 2.30.